The number of hydrogen-bond donors (Lipinski definition) is 1. The average Bonchev–Trinajstić information content (AvgIpc) is 2.29. The van der Waals surface area contributed by atoms with Crippen molar-refractivity contribution in [2.24, 2.45) is 5.73 Å². The van der Waals surface area contributed by atoms with Crippen LogP contribution in [0.1, 0.15) is 11.3 Å². The predicted molar refractivity (Wildman–Crippen MR) is 73.6 cm³/mol. The van der Waals surface area contributed by atoms with E-state index >= 15 is 0 Å². The Morgan fingerprint density at radius 2 is 2.00 bits per heavy atom. The fraction of sp³-hybridized carbons (Fsp3) is 0.357. The summed E-state index contributed by atoms with van der Waals surface area (Å²) in [7, 11) is 4.09. The van der Waals surface area contributed by atoms with Crippen LogP contribution in [0.25, 0.3) is 10.9 Å². The molecule has 0 amide bonds. The summed E-state index contributed by atoms with van der Waals surface area (Å²) in [4.78, 5) is 6.72. The highest BCUT2D eigenvalue weighted by Crippen LogP contribution is 2.22. The van der Waals surface area contributed by atoms with Gasteiger partial charge in [-0.2, -0.15) is 0 Å². The highest BCUT2D eigenvalue weighted by molar-refractivity contribution is 5.83. The molecular weight excluding hydrogens is 210 g/mol. The lowest BCUT2D eigenvalue weighted by Gasteiger charge is -2.13. The Bertz CT molecular complexity index is 532. The molecule has 0 atom stereocenters. The van der Waals surface area contributed by atoms with Crippen LogP contribution >= 0.6 is 0 Å². The summed E-state index contributed by atoms with van der Waals surface area (Å²) in [5.41, 5.74) is 10.2. The van der Waals surface area contributed by atoms with Gasteiger partial charge in [-0.05, 0) is 49.7 Å². The SMILES string of the molecule is Cc1nc2ccc(N(C)C)cc2cc1CCN. The van der Waals surface area contributed by atoms with E-state index in [-0.39, 0.29) is 0 Å². The van der Waals surface area contributed by atoms with E-state index in [4.69, 9.17) is 5.73 Å². The van der Waals surface area contributed by atoms with Crippen molar-refractivity contribution in [3.05, 3.63) is 35.5 Å². The van der Waals surface area contributed by atoms with Crippen molar-refractivity contribution in [1.29, 1.82) is 0 Å². The van der Waals surface area contributed by atoms with Crippen LogP contribution in [0.5, 0.6) is 0 Å². The van der Waals surface area contributed by atoms with Gasteiger partial charge in [0, 0.05) is 30.9 Å². The topological polar surface area (TPSA) is 42.2 Å². The predicted octanol–water partition coefficient (Wildman–Crippen LogP) is 2.11. The first-order valence-corrected chi connectivity index (χ1v) is 5.89. The largest absolute Gasteiger partial charge is 0.378 e. The lowest BCUT2D eigenvalue weighted by molar-refractivity contribution is 0.946. The zero-order valence-corrected chi connectivity index (χ0v) is 10.7. The zero-order chi connectivity index (χ0) is 12.4. The van der Waals surface area contributed by atoms with Crippen LogP contribution in [0.3, 0.4) is 0 Å². The molecule has 3 nitrogen and oxygen atoms in total. The molecule has 0 aliphatic carbocycles. The van der Waals surface area contributed by atoms with Crippen molar-refractivity contribution in [2.45, 2.75) is 13.3 Å². The first kappa shape index (κ1) is 11.9. The molecule has 0 aliphatic rings. The Morgan fingerprint density at radius 3 is 2.65 bits per heavy atom. The van der Waals surface area contributed by atoms with E-state index in [1.54, 1.807) is 0 Å². The molecule has 1 aromatic heterocycles. The summed E-state index contributed by atoms with van der Waals surface area (Å²) in [5, 5.41) is 1.19. The minimum Gasteiger partial charge on any atom is -0.378 e. The number of nitrogens with two attached hydrogens (primary N) is 1. The Kier molecular flexibility index (Phi) is 3.29. The van der Waals surface area contributed by atoms with Gasteiger partial charge in [0.1, 0.15) is 0 Å². The number of hydrogen-bond acceptors (Lipinski definition) is 3. The zero-order valence-electron chi connectivity index (χ0n) is 10.7. The Labute approximate surface area is 102 Å². The molecule has 0 fully saturated rings. The van der Waals surface area contributed by atoms with Crippen LogP contribution in [0, 0.1) is 6.92 Å². The number of pyridine rings is 1. The third-order valence-electron chi connectivity index (χ3n) is 3.02. The third kappa shape index (κ3) is 2.39. The van der Waals surface area contributed by atoms with E-state index in [0.29, 0.717) is 6.54 Å². The highest BCUT2D eigenvalue weighted by Gasteiger charge is 2.04. The molecule has 0 bridgehead atoms. The van der Waals surface area contributed by atoms with Crippen molar-refractivity contribution in [3.8, 4) is 0 Å². The lowest BCUT2D eigenvalue weighted by Crippen LogP contribution is -2.08. The van der Waals surface area contributed by atoms with Crippen LogP contribution in [0.4, 0.5) is 5.69 Å². The van der Waals surface area contributed by atoms with Crippen LogP contribution in [-0.4, -0.2) is 25.6 Å². The van der Waals surface area contributed by atoms with Gasteiger partial charge in [-0.15, -0.1) is 0 Å². The molecule has 0 saturated heterocycles. The second-order valence-electron chi connectivity index (χ2n) is 4.54. The minimum absolute atomic E-state index is 0.668. The molecule has 0 saturated carbocycles. The van der Waals surface area contributed by atoms with Crippen molar-refractivity contribution in [2.75, 3.05) is 25.5 Å². The fourth-order valence-corrected chi connectivity index (χ4v) is 1.99. The van der Waals surface area contributed by atoms with Gasteiger partial charge in [-0.1, -0.05) is 0 Å². The normalized spacial score (nSPS) is 10.8. The molecule has 0 spiro atoms. The maximum atomic E-state index is 5.62. The van der Waals surface area contributed by atoms with Crippen LogP contribution in [0.15, 0.2) is 24.3 Å². The molecule has 2 N–H and O–H groups in total. The Balaban J connectivity index is 2.55. The smallest absolute Gasteiger partial charge is 0.0706 e. The number of benzene rings is 1. The van der Waals surface area contributed by atoms with Gasteiger partial charge < -0.3 is 10.6 Å². The number of rotatable bonds is 3. The summed E-state index contributed by atoms with van der Waals surface area (Å²) >= 11 is 0. The maximum Gasteiger partial charge on any atom is 0.0706 e. The quantitative estimate of drug-likeness (QED) is 0.876. The third-order valence-corrected chi connectivity index (χ3v) is 3.02. The van der Waals surface area contributed by atoms with Gasteiger partial charge in [0.2, 0.25) is 0 Å². The molecule has 0 unspecified atom stereocenters. The highest BCUT2D eigenvalue weighted by atomic mass is 15.1. The van der Waals surface area contributed by atoms with Gasteiger partial charge in [0.25, 0.3) is 0 Å². The Morgan fingerprint density at radius 1 is 1.24 bits per heavy atom. The van der Waals surface area contributed by atoms with Gasteiger partial charge in [-0.3, -0.25) is 4.98 Å². The molecule has 3 heteroatoms. The van der Waals surface area contributed by atoms with E-state index in [0.717, 1.165) is 17.6 Å². The van der Waals surface area contributed by atoms with E-state index in [1.807, 2.05) is 21.0 Å². The number of fused-ring (bicyclic) bond motifs is 1. The monoisotopic (exact) mass is 229 g/mol. The molecule has 90 valence electrons. The standard InChI is InChI=1S/C14H19N3/c1-10-11(6-7-15)8-12-9-13(17(2)3)4-5-14(12)16-10/h4-5,8-9H,6-7,15H2,1-3H3. The number of aryl methyl sites for hydroxylation is 1. The average molecular weight is 229 g/mol. The Hall–Kier alpha value is -1.61. The van der Waals surface area contributed by atoms with E-state index in [2.05, 4.69) is 34.1 Å². The molecule has 0 radical (unpaired) electrons. The summed E-state index contributed by atoms with van der Waals surface area (Å²) < 4.78 is 0. The molecular formula is C14H19N3. The fourth-order valence-electron chi connectivity index (χ4n) is 1.99. The van der Waals surface area contributed by atoms with Crippen molar-refractivity contribution in [1.82, 2.24) is 4.98 Å². The first-order valence-electron chi connectivity index (χ1n) is 5.89. The summed E-state index contributed by atoms with van der Waals surface area (Å²) in [6.45, 7) is 2.71. The lowest BCUT2D eigenvalue weighted by atomic mass is 10.1. The maximum absolute atomic E-state index is 5.62. The van der Waals surface area contributed by atoms with E-state index in [9.17, 15) is 0 Å². The van der Waals surface area contributed by atoms with Crippen molar-refractivity contribution in [3.63, 3.8) is 0 Å². The van der Waals surface area contributed by atoms with Gasteiger partial charge in [0.05, 0.1) is 5.52 Å². The molecule has 1 heterocycles. The van der Waals surface area contributed by atoms with E-state index in [1.165, 1.54) is 16.6 Å². The molecule has 1 aromatic carbocycles. The van der Waals surface area contributed by atoms with E-state index < -0.39 is 0 Å². The van der Waals surface area contributed by atoms with Gasteiger partial charge in [0.15, 0.2) is 0 Å². The molecule has 0 aliphatic heterocycles. The first-order chi connectivity index (χ1) is 8.11. The van der Waals surface area contributed by atoms with Crippen LogP contribution in [0.2, 0.25) is 0 Å². The number of aromatic nitrogens is 1. The molecule has 17 heavy (non-hydrogen) atoms. The number of nitrogens with zero attached hydrogens (tertiary/aromatic N) is 2. The number of anilines is 1. The molecule has 2 aromatic rings. The molecule has 2 rings (SSSR count). The van der Waals surface area contributed by atoms with Gasteiger partial charge >= 0.3 is 0 Å². The second kappa shape index (κ2) is 4.72. The van der Waals surface area contributed by atoms with Crippen molar-refractivity contribution >= 4 is 16.6 Å². The minimum atomic E-state index is 0.668. The summed E-state index contributed by atoms with van der Waals surface area (Å²) in [5.74, 6) is 0. The van der Waals surface area contributed by atoms with Gasteiger partial charge in [-0.25, -0.2) is 0 Å². The van der Waals surface area contributed by atoms with Crippen LogP contribution in [-0.2, 0) is 6.42 Å². The second-order valence-corrected chi connectivity index (χ2v) is 4.54. The van der Waals surface area contributed by atoms with Crippen molar-refractivity contribution < 1.29 is 0 Å². The summed E-state index contributed by atoms with van der Waals surface area (Å²) in [6, 6.07) is 8.54. The van der Waals surface area contributed by atoms with Crippen LogP contribution < -0.4 is 10.6 Å². The summed E-state index contributed by atoms with van der Waals surface area (Å²) in [6.07, 6.45) is 0.890.